The van der Waals surface area contributed by atoms with Crippen LogP contribution >= 0.6 is 31.9 Å². The van der Waals surface area contributed by atoms with E-state index in [4.69, 9.17) is 4.74 Å². The molecule has 0 unspecified atom stereocenters. The molecule has 6 heteroatoms. The summed E-state index contributed by atoms with van der Waals surface area (Å²) in [7, 11) is 0. The lowest BCUT2D eigenvalue weighted by Gasteiger charge is -2.09. The molecule has 0 aliphatic rings. The van der Waals surface area contributed by atoms with Gasteiger partial charge in [-0.1, -0.05) is 34.1 Å². The molecule has 4 nitrogen and oxygen atoms in total. The van der Waals surface area contributed by atoms with Gasteiger partial charge in [0.15, 0.2) is 0 Å². The van der Waals surface area contributed by atoms with Crippen molar-refractivity contribution in [1.82, 2.24) is 9.97 Å². The number of aromatic nitrogens is 2. The molecule has 0 radical (unpaired) electrons. The molecular formula is C13H13Br2N3O. The van der Waals surface area contributed by atoms with Gasteiger partial charge in [-0.05, 0) is 28.9 Å². The van der Waals surface area contributed by atoms with Crippen LogP contribution in [0.2, 0.25) is 0 Å². The Morgan fingerprint density at radius 1 is 1.21 bits per heavy atom. The van der Waals surface area contributed by atoms with E-state index in [2.05, 4.69) is 47.1 Å². The van der Waals surface area contributed by atoms with Crippen molar-refractivity contribution < 1.29 is 4.74 Å². The normalized spacial score (nSPS) is 10.3. The lowest BCUT2D eigenvalue weighted by Crippen LogP contribution is -2.05. The van der Waals surface area contributed by atoms with Gasteiger partial charge in [0.1, 0.15) is 6.61 Å². The predicted molar refractivity (Wildman–Crippen MR) is 82.4 cm³/mol. The first-order chi connectivity index (χ1) is 9.20. The zero-order valence-electron chi connectivity index (χ0n) is 10.4. The van der Waals surface area contributed by atoms with Gasteiger partial charge in [-0.3, -0.25) is 0 Å². The van der Waals surface area contributed by atoms with Crippen molar-refractivity contribution in [3.63, 3.8) is 0 Å². The Morgan fingerprint density at radius 2 is 2.00 bits per heavy atom. The van der Waals surface area contributed by atoms with Crippen molar-refractivity contribution >= 4 is 37.8 Å². The third-order valence-corrected chi connectivity index (χ3v) is 3.69. The fraction of sp³-hybridized carbons (Fsp3) is 0.231. The first kappa shape index (κ1) is 14.3. The van der Waals surface area contributed by atoms with E-state index in [-0.39, 0.29) is 0 Å². The maximum absolute atomic E-state index is 5.72. The summed E-state index contributed by atoms with van der Waals surface area (Å²) >= 11 is 6.87. The van der Waals surface area contributed by atoms with E-state index in [0.29, 0.717) is 18.4 Å². The molecule has 1 N–H and O–H groups in total. The topological polar surface area (TPSA) is 47.0 Å². The molecule has 0 spiro atoms. The second-order valence-corrected chi connectivity index (χ2v) is 5.47. The molecule has 1 aromatic heterocycles. The van der Waals surface area contributed by atoms with Gasteiger partial charge >= 0.3 is 0 Å². The molecule has 0 saturated carbocycles. The molecule has 0 amide bonds. The van der Waals surface area contributed by atoms with Gasteiger partial charge in [0.2, 0.25) is 11.8 Å². The van der Waals surface area contributed by atoms with Gasteiger partial charge in [-0.15, -0.1) is 0 Å². The van der Waals surface area contributed by atoms with Crippen LogP contribution in [0.15, 0.2) is 39.4 Å². The highest BCUT2D eigenvalue weighted by molar-refractivity contribution is 9.10. The number of halogens is 2. The van der Waals surface area contributed by atoms with Gasteiger partial charge < -0.3 is 10.1 Å². The molecule has 0 fully saturated rings. The lowest BCUT2D eigenvalue weighted by atomic mass is 10.2. The van der Waals surface area contributed by atoms with Crippen LogP contribution in [-0.2, 0) is 6.61 Å². The molecule has 0 bridgehead atoms. The van der Waals surface area contributed by atoms with Crippen molar-refractivity contribution in [2.45, 2.75) is 13.5 Å². The van der Waals surface area contributed by atoms with E-state index in [1.54, 1.807) is 6.20 Å². The molecule has 0 atom stereocenters. The van der Waals surface area contributed by atoms with Gasteiger partial charge in [-0.25, -0.2) is 4.98 Å². The van der Waals surface area contributed by atoms with Crippen molar-refractivity contribution in [2.24, 2.45) is 0 Å². The maximum atomic E-state index is 5.72. The summed E-state index contributed by atoms with van der Waals surface area (Å²) in [4.78, 5) is 8.44. The summed E-state index contributed by atoms with van der Waals surface area (Å²) in [5.74, 6) is 1.09. The highest BCUT2D eigenvalue weighted by Crippen LogP contribution is 2.24. The first-order valence-electron chi connectivity index (χ1n) is 5.83. The maximum Gasteiger partial charge on any atom is 0.233 e. The lowest BCUT2D eigenvalue weighted by molar-refractivity contribution is 0.291. The van der Waals surface area contributed by atoms with Crippen molar-refractivity contribution in [1.29, 1.82) is 0 Å². The van der Waals surface area contributed by atoms with Gasteiger partial charge in [-0.2, -0.15) is 4.98 Å². The highest BCUT2D eigenvalue weighted by atomic mass is 79.9. The molecule has 19 heavy (non-hydrogen) atoms. The number of hydrogen-bond acceptors (Lipinski definition) is 4. The minimum atomic E-state index is 0.447. The van der Waals surface area contributed by atoms with E-state index >= 15 is 0 Å². The van der Waals surface area contributed by atoms with E-state index in [1.807, 2.05) is 31.2 Å². The summed E-state index contributed by atoms with van der Waals surface area (Å²) in [5.41, 5.74) is 1.07. The van der Waals surface area contributed by atoms with Crippen LogP contribution < -0.4 is 10.1 Å². The third-order valence-electron chi connectivity index (χ3n) is 2.37. The number of ether oxygens (including phenoxy) is 1. The molecule has 0 aliphatic carbocycles. The number of anilines is 1. The van der Waals surface area contributed by atoms with Gasteiger partial charge in [0, 0.05) is 16.6 Å². The summed E-state index contributed by atoms with van der Waals surface area (Å²) in [5, 5.41) is 3.05. The standard InChI is InChI=1S/C13H13Br2N3O/c1-2-16-13-17-7-11(15)12(18-13)19-8-9-5-3-4-6-10(9)14/h3-7H,2,8H2,1H3,(H,16,17,18). The molecular weight excluding hydrogens is 374 g/mol. The minimum absolute atomic E-state index is 0.447. The molecule has 2 rings (SSSR count). The zero-order valence-corrected chi connectivity index (χ0v) is 13.5. The Bertz CT molecular complexity index is 563. The van der Waals surface area contributed by atoms with Crippen molar-refractivity contribution in [3.05, 3.63) is 45.0 Å². The smallest absolute Gasteiger partial charge is 0.233 e. The summed E-state index contributed by atoms with van der Waals surface area (Å²) in [6.07, 6.45) is 1.68. The average Bonchev–Trinajstić information content (AvgIpc) is 2.41. The average molecular weight is 387 g/mol. The Balaban J connectivity index is 2.10. The molecule has 1 aromatic carbocycles. The predicted octanol–water partition coefficient (Wildman–Crippen LogP) is 4.01. The second-order valence-electron chi connectivity index (χ2n) is 3.76. The van der Waals surface area contributed by atoms with E-state index < -0.39 is 0 Å². The van der Waals surface area contributed by atoms with Crippen molar-refractivity contribution in [2.75, 3.05) is 11.9 Å². The number of nitrogens with zero attached hydrogens (tertiary/aromatic N) is 2. The molecule has 0 saturated heterocycles. The number of rotatable bonds is 5. The molecule has 2 aromatic rings. The largest absolute Gasteiger partial charge is 0.472 e. The second kappa shape index (κ2) is 6.86. The number of hydrogen-bond donors (Lipinski definition) is 1. The van der Waals surface area contributed by atoms with Crippen LogP contribution in [0.25, 0.3) is 0 Å². The minimum Gasteiger partial charge on any atom is -0.472 e. The van der Waals surface area contributed by atoms with Crippen molar-refractivity contribution in [3.8, 4) is 5.88 Å². The van der Waals surface area contributed by atoms with Crippen LogP contribution in [-0.4, -0.2) is 16.5 Å². The quantitative estimate of drug-likeness (QED) is 0.843. The van der Waals surface area contributed by atoms with E-state index in [1.165, 1.54) is 0 Å². The van der Waals surface area contributed by atoms with Crippen LogP contribution in [0.1, 0.15) is 12.5 Å². The Kier molecular flexibility index (Phi) is 5.15. The Labute approximate surface area is 128 Å². The zero-order chi connectivity index (χ0) is 13.7. The summed E-state index contributed by atoms with van der Waals surface area (Å²) < 4.78 is 7.48. The van der Waals surface area contributed by atoms with Gasteiger partial charge in [0.05, 0.1) is 10.7 Å². The van der Waals surface area contributed by atoms with Crippen LogP contribution in [0.3, 0.4) is 0 Å². The van der Waals surface area contributed by atoms with E-state index in [9.17, 15) is 0 Å². The molecule has 1 heterocycles. The van der Waals surface area contributed by atoms with Crippen LogP contribution in [0, 0.1) is 0 Å². The fourth-order valence-electron chi connectivity index (χ4n) is 1.46. The first-order valence-corrected chi connectivity index (χ1v) is 7.42. The molecule has 100 valence electrons. The third kappa shape index (κ3) is 3.91. The van der Waals surface area contributed by atoms with Crippen LogP contribution in [0.5, 0.6) is 5.88 Å². The van der Waals surface area contributed by atoms with Crippen LogP contribution in [0.4, 0.5) is 5.95 Å². The SMILES string of the molecule is CCNc1ncc(Br)c(OCc2ccccc2Br)n1. The Morgan fingerprint density at radius 3 is 2.74 bits per heavy atom. The summed E-state index contributed by atoms with van der Waals surface area (Å²) in [6, 6.07) is 7.93. The number of nitrogens with one attached hydrogen (secondary N) is 1. The molecule has 0 aliphatic heterocycles. The van der Waals surface area contributed by atoms with Gasteiger partial charge in [0.25, 0.3) is 0 Å². The monoisotopic (exact) mass is 385 g/mol. The Hall–Kier alpha value is -1.14. The van der Waals surface area contributed by atoms with E-state index in [0.717, 1.165) is 21.1 Å². The highest BCUT2D eigenvalue weighted by Gasteiger charge is 2.07. The summed E-state index contributed by atoms with van der Waals surface area (Å²) in [6.45, 7) is 3.21. The fourth-order valence-corrected chi connectivity index (χ4v) is 2.16. The number of benzene rings is 1.